The van der Waals surface area contributed by atoms with E-state index in [0.717, 1.165) is 12.1 Å². The van der Waals surface area contributed by atoms with Crippen molar-refractivity contribution in [3.8, 4) is 11.5 Å². The zero-order valence-electron chi connectivity index (χ0n) is 15.3. The van der Waals surface area contributed by atoms with Crippen molar-refractivity contribution >= 4 is 28.4 Å². The Bertz CT molecular complexity index is 1310. The molecule has 2 aromatic heterocycles. The number of benzene rings is 2. The first-order valence-electron chi connectivity index (χ1n) is 8.89. The van der Waals surface area contributed by atoms with Crippen LogP contribution >= 0.6 is 0 Å². The standard InChI is InChI=1S/C22H12F3N3O2/c1-12-14-4-2-3-5-15(14)21(29)28(12)18-11-26-9-8-16(18)20-27-17-10-13(22(23,24)25)6-7-19(17)30-20/h2-11H,1H2. The van der Waals surface area contributed by atoms with E-state index in [1.54, 1.807) is 24.3 Å². The number of fused-ring (bicyclic) bond motifs is 2. The molecule has 1 amide bonds. The van der Waals surface area contributed by atoms with E-state index in [4.69, 9.17) is 4.42 Å². The fourth-order valence-electron chi connectivity index (χ4n) is 3.50. The number of oxazole rings is 1. The first kappa shape index (κ1) is 18.1. The summed E-state index contributed by atoms with van der Waals surface area (Å²) in [5.41, 5.74) is 1.93. The highest BCUT2D eigenvalue weighted by Crippen LogP contribution is 2.41. The molecule has 1 aliphatic rings. The lowest BCUT2D eigenvalue weighted by molar-refractivity contribution is -0.137. The van der Waals surface area contributed by atoms with Crippen LogP contribution in [0, 0.1) is 0 Å². The summed E-state index contributed by atoms with van der Waals surface area (Å²) in [6.07, 6.45) is -1.52. The van der Waals surface area contributed by atoms with Gasteiger partial charge >= 0.3 is 6.18 Å². The average molecular weight is 407 g/mol. The molecule has 0 saturated carbocycles. The number of carbonyl (C=O) groups is 1. The van der Waals surface area contributed by atoms with Gasteiger partial charge in [-0.05, 0) is 30.3 Å². The molecule has 3 heterocycles. The molecular weight excluding hydrogens is 395 g/mol. The minimum Gasteiger partial charge on any atom is -0.436 e. The van der Waals surface area contributed by atoms with Gasteiger partial charge in [0.05, 0.1) is 28.7 Å². The highest BCUT2D eigenvalue weighted by Gasteiger charge is 2.34. The predicted octanol–water partition coefficient (Wildman–Crippen LogP) is 5.54. The molecular formula is C22H12F3N3O2. The Morgan fingerprint density at radius 3 is 2.50 bits per heavy atom. The van der Waals surface area contributed by atoms with E-state index >= 15 is 0 Å². The fraction of sp³-hybridized carbons (Fsp3) is 0.0455. The summed E-state index contributed by atoms with van der Waals surface area (Å²) in [6, 6.07) is 11.8. The smallest absolute Gasteiger partial charge is 0.416 e. The Morgan fingerprint density at radius 2 is 1.77 bits per heavy atom. The van der Waals surface area contributed by atoms with Crippen LogP contribution in [0.25, 0.3) is 28.3 Å². The molecule has 30 heavy (non-hydrogen) atoms. The van der Waals surface area contributed by atoms with Gasteiger partial charge in [0.25, 0.3) is 5.91 Å². The largest absolute Gasteiger partial charge is 0.436 e. The maximum Gasteiger partial charge on any atom is 0.416 e. The topological polar surface area (TPSA) is 59.2 Å². The van der Waals surface area contributed by atoms with Gasteiger partial charge in [0.15, 0.2) is 5.58 Å². The average Bonchev–Trinajstić information content (AvgIpc) is 3.26. The Balaban J connectivity index is 1.63. The Hall–Kier alpha value is -3.94. The zero-order valence-corrected chi connectivity index (χ0v) is 15.3. The van der Waals surface area contributed by atoms with Gasteiger partial charge < -0.3 is 4.42 Å². The van der Waals surface area contributed by atoms with Crippen molar-refractivity contribution in [3.63, 3.8) is 0 Å². The summed E-state index contributed by atoms with van der Waals surface area (Å²) >= 11 is 0. The number of carbonyl (C=O) groups excluding carboxylic acids is 1. The van der Waals surface area contributed by atoms with Gasteiger partial charge in [-0.25, -0.2) is 4.98 Å². The molecule has 5 rings (SSSR count). The summed E-state index contributed by atoms with van der Waals surface area (Å²) < 4.78 is 44.7. The van der Waals surface area contributed by atoms with Crippen molar-refractivity contribution in [1.82, 2.24) is 9.97 Å². The molecule has 0 radical (unpaired) electrons. The molecule has 0 fully saturated rings. The van der Waals surface area contributed by atoms with Crippen molar-refractivity contribution in [1.29, 1.82) is 0 Å². The van der Waals surface area contributed by atoms with Crippen LogP contribution in [-0.4, -0.2) is 15.9 Å². The van der Waals surface area contributed by atoms with Crippen LogP contribution in [0.15, 0.2) is 71.9 Å². The lowest BCUT2D eigenvalue weighted by atomic mass is 10.1. The maximum atomic E-state index is 13.0. The van der Waals surface area contributed by atoms with E-state index in [9.17, 15) is 18.0 Å². The van der Waals surface area contributed by atoms with Crippen LogP contribution in [0.2, 0.25) is 0 Å². The predicted molar refractivity (Wildman–Crippen MR) is 105 cm³/mol. The molecule has 0 atom stereocenters. The van der Waals surface area contributed by atoms with Crippen LogP contribution in [0.4, 0.5) is 18.9 Å². The van der Waals surface area contributed by atoms with Crippen molar-refractivity contribution in [2.75, 3.05) is 4.90 Å². The van der Waals surface area contributed by atoms with E-state index in [1.807, 2.05) is 6.07 Å². The van der Waals surface area contributed by atoms with E-state index in [-0.39, 0.29) is 22.9 Å². The summed E-state index contributed by atoms with van der Waals surface area (Å²) in [4.78, 5) is 22.7. The lowest BCUT2D eigenvalue weighted by Gasteiger charge is -2.19. The number of amides is 1. The second-order valence-corrected chi connectivity index (χ2v) is 6.72. The molecule has 4 aromatic rings. The first-order valence-corrected chi connectivity index (χ1v) is 8.89. The van der Waals surface area contributed by atoms with E-state index in [2.05, 4.69) is 16.5 Å². The summed E-state index contributed by atoms with van der Waals surface area (Å²) in [5.74, 6) is -0.196. The molecule has 0 bridgehead atoms. The number of alkyl halides is 3. The number of aromatic nitrogens is 2. The number of hydrogen-bond acceptors (Lipinski definition) is 4. The van der Waals surface area contributed by atoms with Crippen molar-refractivity contribution in [2.24, 2.45) is 0 Å². The van der Waals surface area contributed by atoms with E-state index in [0.29, 0.717) is 28.1 Å². The fourth-order valence-corrected chi connectivity index (χ4v) is 3.50. The summed E-state index contributed by atoms with van der Waals surface area (Å²) in [7, 11) is 0. The van der Waals surface area contributed by atoms with Crippen LogP contribution in [-0.2, 0) is 6.18 Å². The second kappa shape index (κ2) is 6.28. The van der Waals surface area contributed by atoms with E-state index in [1.165, 1.54) is 23.4 Å². The second-order valence-electron chi connectivity index (χ2n) is 6.72. The van der Waals surface area contributed by atoms with Gasteiger partial charge in [-0.3, -0.25) is 14.7 Å². The van der Waals surface area contributed by atoms with Gasteiger partial charge in [0.1, 0.15) is 5.52 Å². The number of rotatable bonds is 2. The van der Waals surface area contributed by atoms with Crippen molar-refractivity contribution in [2.45, 2.75) is 6.18 Å². The molecule has 5 nitrogen and oxygen atoms in total. The lowest BCUT2D eigenvalue weighted by Crippen LogP contribution is -2.22. The van der Waals surface area contributed by atoms with Gasteiger partial charge in [-0.2, -0.15) is 13.2 Å². The normalized spacial score (nSPS) is 13.9. The molecule has 2 aromatic carbocycles. The third kappa shape index (κ3) is 2.68. The van der Waals surface area contributed by atoms with Crippen LogP contribution in [0.5, 0.6) is 0 Å². The Kier molecular flexibility index (Phi) is 3.79. The Morgan fingerprint density at radius 1 is 1.00 bits per heavy atom. The minimum atomic E-state index is -4.49. The number of pyridine rings is 1. The van der Waals surface area contributed by atoms with Gasteiger partial charge in [-0.1, -0.05) is 24.8 Å². The van der Waals surface area contributed by atoms with Crippen LogP contribution < -0.4 is 4.90 Å². The monoisotopic (exact) mass is 407 g/mol. The molecule has 0 saturated heterocycles. The van der Waals surface area contributed by atoms with Gasteiger partial charge in [-0.15, -0.1) is 0 Å². The molecule has 148 valence electrons. The molecule has 0 aliphatic carbocycles. The zero-order chi connectivity index (χ0) is 21.0. The quantitative estimate of drug-likeness (QED) is 0.438. The number of nitrogens with zero attached hydrogens (tertiary/aromatic N) is 3. The van der Waals surface area contributed by atoms with Crippen molar-refractivity contribution in [3.05, 3.63) is 84.2 Å². The van der Waals surface area contributed by atoms with Gasteiger partial charge in [0, 0.05) is 17.3 Å². The summed E-state index contributed by atoms with van der Waals surface area (Å²) in [6.45, 7) is 4.02. The van der Waals surface area contributed by atoms with Crippen molar-refractivity contribution < 1.29 is 22.4 Å². The van der Waals surface area contributed by atoms with Crippen LogP contribution in [0.1, 0.15) is 21.5 Å². The molecule has 1 aliphatic heterocycles. The number of hydrogen-bond donors (Lipinski definition) is 0. The molecule has 0 spiro atoms. The third-order valence-electron chi connectivity index (χ3n) is 4.93. The van der Waals surface area contributed by atoms with E-state index < -0.39 is 11.7 Å². The molecule has 0 N–H and O–H groups in total. The first-order chi connectivity index (χ1) is 14.3. The van der Waals surface area contributed by atoms with Crippen LogP contribution in [0.3, 0.4) is 0 Å². The summed E-state index contributed by atoms with van der Waals surface area (Å²) in [5, 5.41) is 0. The highest BCUT2D eigenvalue weighted by molar-refractivity contribution is 6.23. The SMILES string of the molecule is C=C1c2ccccc2C(=O)N1c1cnccc1-c1nc2cc(C(F)(F)F)ccc2o1. The van der Waals surface area contributed by atoms with Gasteiger partial charge in [0.2, 0.25) is 5.89 Å². The number of anilines is 1. The molecule has 8 heteroatoms. The number of halogens is 3. The Labute approximate surface area is 168 Å². The minimum absolute atomic E-state index is 0.0671. The third-order valence-corrected chi connectivity index (χ3v) is 4.93. The molecule has 0 unspecified atom stereocenters. The maximum absolute atomic E-state index is 13.0. The highest BCUT2D eigenvalue weighted by atomic mass is 19.4.